The Morgan fingerprint density at radius 1 is 1.08 bits per heavy atom. The number of para-hydroxylation sites is 1. The number of pyridine rings is 1. The first kappa shape index (κ1) is 22.0. The van der Waals surface area contributed by atoms with Crippen molar-refractivity contribution < 1.29 is 18.7 Å². The largest absolute Gasteiger partial charge is 0.481 e. The number of halogens is 1. The fraction of sp³-hybridized carbons (Fsp3) is 0.286. The molecule has 186 valence electrons. The van der Waals surface area contributed by atoms with Crippen LogP contribution in [0.15, 0.2) is 59.3 Å². The molecule has 3 aliphatic carbocycles. The molecule has 9 heteroatoms. The third-order valence-corrected chi connectivity index (χ3v) is 7.96. The van der Waals surface area contributed by atoms with E-state index in [1.54, 1.807) is 12.3 Å². The van der Waals surface area contributed by atoms with Gasteiger partial charge in [0.1, 0.15) is 28.6 Å². The minimum atomic E-state index is -0.767. The highest BCUT2D eigenvalue weighted by atomic mass is 19.1. The zero-order chi connectivity index (χ0) is 25.1. The topological polar surface area (TPSA) is 117 Å². The monoisotopic (exact) mass is 497 g/mol. The van der Waals surface area contributed by atoms with Gasteiger partial charge in [-0.1, -0.05) is 18.2 Å². The molecule has 37 heavy (non-hydrogen) atoms. The van der Waals surface area contributed by atoms with E-state index in [9.17, 15) is 14.3 Å². The average molecular weight is 498 g/mol. The summed E-state index contributed by atoms with van der Waals surface area (Å²) in [5.74, 6) is 0.197. The number of carbonyl (C=O) groups is 1. The van der Waals surface area contributed by atoms with Gasteiger partial charge in [-0.2, -0.15) is 0 Å². The first-order chi connectivity index (χ1) is 18.0. The van der Waals surface area contributed by atoms with E-state index >= 15 is 0 Å². The third-order valence-electron chi connectivity index (χ3n) is 7.96. The number of hydrogen-bond donors (Lipinski definition) is 3. The van der Waals surface area contributed by atoms with Crippen molar-refractivity contribution in [1.29, 1.82) is 0 Å². The molecule has 0 saturated heterocycles. The maximum absolute atomic E-state index is 14.1. The number of carboxylic acids is 1. The molecule has 8 nitrogen and oxygen atoms in total. The molecule has 8 rings (SSSR count). The number of furan rings is 1. The van der Waals surface area contributed by atoms with Crippen LogP contribution >= 0.6 is 0 Å². The van der Waals surface area contributed by atoms with Crippen LogP contribution < -0.4 is 5.32 Å². The van der Waals surface area contributed by atoms with Crippen LogP contribution in [0.5, 0.6) is 0 Å². The zero-order valence-corrected chi connectivity index (χ0v) is 19.8. The Bertz CT molecular complexity index is 1620. The van der Waals surface area contributed by atoms with Gasteiger partial charge in [0.2, 0.25) is 0 Å². The minimum Gasteiger partial charge on any atom is -0.481 e. The number of aromatic nitrogens is 4. The number of fused-ring (bicyclic) bond motifs is 5. The third kappa shape index (κ3) is 3.73. The fourth-order valence-corrected chi connectivity index (χ4v) is 6.22. The lowest BCUT2D eigenvalue weighted by molar-refractivity contribution is -0.148. The van der Waals surface area contributed by atoms with Crippen molar-refractivity contribution in [3.05, 3.63) is 60.7 Å². The molecule has 4 heterocycles. The van der Waals surface area contributed by atoms with Gasteiger partial charge in [0.05, 0.1) is 12.1 Å². The number of nitrogens with zero attached hydrogens (tertiary/aromatic N) is 3. The summed E-state index contributed by atoms with van der Waals surface area (Å²) < 4.78 is 20.2. The van der Waals surface area contributed by atoms with Crippen molar-refractivity contribution in [1.82, 2.24) is 19.9 Å². The number of aliphatic carboxylic acids is 1. The summed E-state index contributed by atoms with van der Waals surface area (Å²) in [6, 6.07) is 12.6. The van der Waals surface area contributed by atoms with E-state index in [2.05, 4.69) is 15.3 Å². The molecule has 2 unspecified atom stereocenters. The van der Waals surface area contributed by atoms with Crippen LogP contribution in [0.25, 0.3) is 44.8 Å². The van der Waals surface area contributed by atoms with Crippen molar-refractivity contribution >= 4 is 33.8 Å². The molecule has 1 aromatic carbocycles. The van der Waals surface area contributed by atoms with E-state index in [-0.39, 0.29) is 17.9 Å². The number of rotatable bonds is 5. The number of anilines is 1. The molecule has 0 radical (unpaired) electrons. The van der Waals surface area contributed by atoms with Crippen molar-refractivity contribution in [3.63, 3.8) is 0 Å². The lowest BCUT2D eigenvalue weighted by Gasteiger charge is -2.47. The molecular formula is C28H24FN5O3. The maximum Gasteiger partial charge on any atom is 0.308 e. The highest BCUT2D eigenvalue weighted by molar-refractivity contribution is 5.92. The standard InChI is InChI=1S/C28H24FN5O3/c29-17-10-18-19(13-31-26(18)30-12-17)27-32-20(22-9-16-3-1-2-4-21(16)37-22)11-23(34-27)33-25-15-7-5-14(6-8-15)24(25)28(35)36/h1-4,9-15,24-25H,5-8H2,(H,30,31)(H,35,36)(H,32,33,34). The Morgan fingerprint density at radius 3 is 2.70 bits per heavy atom. The van der Waals surface area contributed by atoms with Crippen LogP contribution in [0.4, 0.5) is 10.2 Å². The van der Waals surface area contributed by atoms with E-state index in [0.29, 0.717) is 39.7 Å². The number of aromatic amines is 1. The van der Waals surface area contributed by atoms with Gasteiger partial charge in [-0.05, 0) is 55.7 Å². The average Bonchev–Trinajstić information content (AvgIpc) is 3.53. The molecular weight excluding hydrogens is 473 g/mol. The molecule has 0 spiro atoms. The van der Waals surface area contributed by atoms with Gasteiger partial charge in [0.15, 0.2) is 11.6 Å². The Balaban J connectivity index is 1.36. The molecule has 3 N–H and O–H groups in total. The van der Waals surface area contributed by atoms with Gasteiger partial charge in [-0.15, -0.1) is 0 Å². The second-order valence-electron chi connectivity index (χ2n) is 10.1. The Morgan fingerprint density at radius 2 is 1.89 bits per heavy atom. The first-order valence-corrected chi connectivity index (χ1v) is 12.5. The highest BCUT2D eigenvalue weighted by Gasteiger charge is 2.47. The SMILES string of the molecule is O=C(O)C1C2CCC(CC2)C1Nc1cc(-c2cc3ccccc3o2)nc(-c2c[nH]c3ncc(F)cc23)n1. The van der Waals surface area contributed by atoms with Crippen LogP contribution in [0, 0.1) is 23.6 Å². The van der Waals surface area contributed by atoms with Gasteiger partial charge in [-0.3, -0.25) is 4.79 Å². The Hall–Kier alpha value is -4.27. The van der Waals surface area contributed by atoms with Gasteiger partial charge in [-0.25, -0.2) is 19.3 Å². The van der Waals surface area contributed by atoms with Crippen molar-refractivity contribution in [2.75, 3.05) is 5.32 Å². The van der Waals surface area contributed by atoms with E-state index < -0.39 is 17.7 Å². The second kappa shape index (κ2) is 8.40. The summed E-state index contributed by atoms with van der Waals surface area (Å²) in [5.41, 5.74) is 2.42. The van der Waals surface area contributed by atoms with Crippen molar-refractivity contribution in [2.24, 2.45) is 17.8 Å². The fourth-order valence-electron chi connectivity index (χ4n) is 6.22. The van der Waals surface area contributed by atoms with Crippen LogP contribution in [-0.2, 0) is 4.79 Å². The summed E-state index contributed by atoms with van der Waals surface area (Å²) in [6.07, 6.45) is 6.79. The van der Waals surface area contributed by atoms with E-state index in [4.69, 9.17) is 14.4 Å². The summed E-state index contributed by atoms with van der Waals surface area (Å²) >= 11 is 0. The van der Waals surface area contributed by atoms with Gasteiger partial charge >= 0.3 is 5.97 Å². The summed E-state index contributed by atoms with van der Waals surface area (Å²) in [6.45, 7) is 0. The number of benzene rings is 1. The summed E-state index contributed by atoms with van der Waals surface area (Å²) in [4.78, 5) is 29.0. The molecule has 3 aliphatic rings. The number of hydrogen-bond acceptors (Lipinski definition) is 6. The quantitative estimate of drug-likeness (QED) is 0.278. The van der Waals surface area contributed by atoms with Crippen LogP contribution in [-0.4, -0.2) is 37.1 Å². The van der Waals surface area contributed by atoms with Crippen LogP contribution in [0.2, 0.25) is 0 Å². The Kier molecular flexibility index (Phi) is 4.99. The molecule has 2 atom stereocenters. The summed E-state index contributed by atoms with van der Waals surface area (Å²) in [5, 5.41) is 15.0. The Labute approximate surface area is 211 Å². The molecule has 3 saturated carbocycles. The van der Waals surface area contributed by atoms with Crippen LogP contribution in [0.3, 0.4) is 0 Å². The first-order valence-electron chi connectivity index (χ1n) is 12.5. The van der Waals surface area contributed by atoms with Gasteiger partial charge in [0.25, 0.3) is 0 Å². The number of carboxylic acid groups (broad SMARTS) is 1. The molecule has 0 amide bonds. The zero-order valence-electron chi connectivity index (χ0n) is 19.8. The predicted octanol–water partition coefficient (Wildman–Crippen LogP) is 5.87. The van der Waals surface area contributed by atoms with E-state index in [1.165, 1.54) is 6.07 Å². The number of nitrogens with one attached hydrogen (secondary N) is 2. The van der Waals surface area contributed by atoms with Crippen molar-refractivity contribution in [3.8, 4) is 22.8 Å². The number of H-pyrrole nitrogens is 1. The van der Waals surface area contributed by atoms with Crippen LogP contribution in [0.1, 0.15) is 25.7 Å². The highest BCUT2D eigenvalue weighted by Crippen LogP contribution is 2.46. The molecule has 5 aromatic rings. The molecule has 0 aliphatic heterocycles. The normalized spacial score (nSPS) is 23.1. The molecule has 2 bridgehead atoms. The van der Waals surface area contributed by atoms with Crippen molar-refractivity contribution in [2.45, 2.75) is 31.7 Å². The predicted molar refractivity (Wildman–Crippen MR) is 136 cm³/mol. The van der Waals surface area contributed by atoms with Gasteiger partial charge in [0, 0.05) is 34.6 Å². The molecule has 3 fully saturated rings. The van der Waals surface area contributed by atoms with E-state index in [1.807, 2.05) is 30.3 Å². The second-order valence-corrected chi connectivity index (χ2v) is 10.1. The summed E-state index contributed by atoms with van der Waals surface area (Å²) in [7, 11) is 0. The lowest BCUT2D eigenvalue weighted by Crippen LogP contribution is -2.51. The van der Waals surface area contributed by atoms with Gasteiger partial charge < -0.3 is 19.8 Å². The maximum atomic E-state index is 14.1. The lowest BCUT2D eigenvalue weighted by atomic mass is 9.61. The minimum absolute atomic E-state index is 0.166. The molecule has 4 aromatic heterocycles. The smallest absolute Gasteiger partial charge is 0.308 e. The van der Waals surface area contributed by atoms with E-state index in [0.717, 1.165) is 42.8 Å².